The molecule has 2 N–H and O–H groups in total. The van der Waals surface area contributed by atoms with Crippen LogP contribution in [0.3, 0.4) is 0 Å². The molecule has 0 aromatic heterocycles. The lowest BCUT2D eigenvalue weighted by Gasteiger charge is -2.30. The number of nitrogens with one attached hydrogen (secondary N) is 2. The van der Waals surface area contributed by atoms with Crippen LogP contribution in [-0.2, 0) is 14.3 Å². The van der Waals surface area contributed by atoms with Crippen molar-refractivity contribution in [1.82, 2.24) is 10.2 Å². The van der Waals surface area contributed by atoms with E-state index in [9.17, 15) is 4.79 Å². The predicted octanol–water partition coefficient (Wildman–Crippen LogP) is 0.774. The molecule has 2 aliphatic heterocycles. The van der Waals surface area contributed by atoms with Crippen LogP contribution in [0.2, 0.25) is 0 Å². The Bertz CT molecular complexity index is 557. The van der Waals surface area contributed by atoms with Crippen molar-refractivity contribution in [1.29, 1.82) is 0 Å². The Morgan fingerprint density at radius 1 is 0.962 bits per heavy atom. The normalized spacial score (nSPS) is 18.7. The van der Waals surface area contributed by atoms with Gasteiger partial charge < -0.3 is 25.0 Å². The van der Waals surface area contributed by atoms with Crippen LogP contribution in [0.15, 0.2) is 24.3 Å². The molecular formula is C19H30N4O3. The van der Waals surface area contributed by atoms with Crippen LogP contribution in [0.25, 0.3) is 0 Å². The van der Waals surface area contributed by atoms with Gasteiger partial charge in [-0.25, -0.2) is 0 Å². The van der Waals surface area contributed by atoms with Crippen molar-refractivity contribution in [3.63, 3.8) is 0 Å². The average Bonchev–Trinajstić information content (AvgIpc) is 2.70. The largest absolute Gasteiger partial charge is 0.379 e. The lowest BCUT2D eigenvalue weighted by atomic mass is 10.2. The number of ether oxygens (including phenoxy) is 2. The lowest BCUT2D eigenvalue weighted by Crippen LogP contribution is -2.40. The van der Waals surface area contributed by atoms with E-state index in [0.29, 0.717) is 13.0 Å². The predicted molar refractivity (Wildman–Crippen MR) is 103 cm³/mol. The van der Waals surface area contributed by atoms with Gasteiger partial charge in [0.15, 0.2) is 0 Å². The summed E-state index contributed by atoms with van der Waals surface area (Å²) in [5, 5.41) is 6.42. The quantitative estimate of drug-likeness (QED) is 0.666. The van der Waals surface area contributed by atoms with Crippen LogP contribution >= 0.6 is 0 Å². The van der Waals surface area contributed by atoms with Gasteiger partial charge in [-0.05, 0) is 12.1 Å². The van der Waals surface area contributed by atoms with Crippen LogP contribution in [0.1, 0.15) is 6.42 Å². The van der Waals surface area contributed by atoms with Gasteiger partial charge in [0.05, 0.1) is 37.8 Å². The Balaban J connectivity index is 1.38. The van der Waals surface area contributed by atoms with Crippen molar-refractivity contribution in [3.8, 4) is 0 Å². The highest BCUT2D eigenvalue weighted by atomic mass is 16.5. The number of carbonyl (C=O) groups excluding carboxylic acids is 1. The topological polar surface area (TPSA) is 66.1 Å². The fraction of sp³-hybridized carbons (Fsp3) is 0.632. The zero-order chi connectivity index (χ0) is 18.0. The van der Waals surface area contributed by atoms with Crippen LogP contribution in [0, 0.1) is 0 Å². The molecule has 2 fully saturated rings. The SMILES string of the molecule is O=C(CCNCCN1CCOCC1)Nc1ccccc1N1CCOCC1. The van der Waals surface area contributed by atoms with Crippen molar-refractivity contribution < 1.29 is 14.3 Å². The van der Waals surface area contributed by atoms with E-state index in [1.54, 1.807) is 0 Å². The smallest absolute Gasteiger partial charge is 0.225 e. The minimum absolute atomic E-state index is 0.0459. The van der Waals surface area contributed by atoms with E-state index >= 15 is 0 Å². The molecule has 1 aromatic carbocycles. The second-order valence-electron chi connectivity index (χ2n) is 6.62. The van der Waals surface area contributed by atoms with E-state index in [1.165, 1.54) is 0 Å². The summed E-state index contributed by atoms with van der Waals surface area (Å²) in [7, 11) is 0. The molecule has 2 aliphatic rings. The van der Waals surface area contributed by atoms with Crippen LogP contribution in [-0.4, -0.2) is 83.0 Å². The van der Waals surface area contributed by atoms with Crippen LogP contribution < -0.4 is 15.5 Å². The number of hydrogen-bond donors (Lipinski definition) is 2. The van der Waals surface area contributed by atoms with Crippen molar-refractivity contribution >= 4 is 17.3 Å². The standard InChI is InChI=1S/C19H30N4O3/c24-19(5-6-20-7-8-22-9-13-25-14-10-22)21-17-3-1-2-4-18(17)23-11-15-26-16-12-23/h1-4,20H,5-16H2,(H,21,24). The summed E-state index contributed by atoms with van der Waals surface area (Å²) >= 11 is 0. The molecule has 0 spiro atoms. The van der Waals surface area contributed by atoms with Crippen molar-refractivity contribution in [3.05, 3.63) is 24.3 Å². The molecule has 0 saturated carbocycles. The van der Waals surface area contributed by atoms with Crippen molar-refractivity contribution in [2.24, 2.45) is 0 Å². The van der Waals surface area contributed by atoms with Crippen molar-refractivity contribution in [2.75, 3.05) is 82.5 Å². The van der Waals surface area contributed by atoms with E-state index in [4.69, 9.17) is 9.47 Å². The minimum Gasteiger partial charge on any atom is -0.379 e. The number of hydrogen-bond acceptors (Lipinski definition) is 6. The van der Waals surface area contributed by atoms with E-state index in [1.807, 2.05) is 18.2 Å². The molecule has 26 heavy (non-hydrogen) atoms. The molecule has 0 unspecified atom stereocenters. The molecule has 2 saturated heterocycles. The first kappa shape index (κ1) is 19.1. The maximum atomic E-state index is 12.3. The molecule has 2 heterocycles. The maximum absolute atomic E-state index is 12.3. The zero-order valence-corrected chi connectivity index (χ0v) is 15.4. The molecule has 7 heteroatoms. The van der Waals surface area contributed by atoms with E-state index in [0.717, 1.165) is 77.1 Å². The summed E-state index contributed by atoms with van der Waals surface area (Å²) in [5.74, 6) is 0.0459. The van der Waals surface area contributed by atoms with Gasteiger partial charge >= 0.3 is 0 Å². The highest BCUT2D eigenvalue weighted by Gasteiger charge is 2.15. The van der Waals surface area contributed by atoms with Crippen LogP contribution in [0.4, 0.5) is 11.4 Å². The Morgan fingerprint density at radius 2 is 1.65 bits per heavy atom. The molecule has 0 radical (unpaired) electrons. The number of benzene rings is 1. The summed E-state index contributed by atoms with van der Waals surface area (Å²) in [5.41, 5.74) is 1.96. The fourth-order valence-electron chi connectivity index (χ4n) is 3.26. The van der Waals surface area contributed by atoms with Gasteiger partial charge in [-0.15, -0.1) is 0 Å². The Morgan fingerprint density at radius 3 is 2.42 bits per heavy atom. The van der Waals surface area contributed by atoms with Gasteiger partial charge in [-0.2, -0.15) is 0 Å². The fourth-order valence-corrected chi connectivity index (χ4v) is 3.26. The second-order valence-corrected chi connectivity index (χ2v) is 6.62. The number of rotatable bonds is 8. The number of carbonyl (C=O) groups is 1. The van der Waals surface area contributed by atoms with Crippen molar-refractivity contribution in [2.45, 2.75) is 6.42 Å². The Kier molecular flexibility index (Phi) is 7.69. The molecule has 0 aliphatic carbocycles. The minimum atomic E-state index is 0.0459. The summed E-state index contributed by atoms with van der Waals surface area (Å²) < 4.78 is 10.8. The van der Waals surface area contributed by atoms with Gasteiger partial charge in [0.2, 0.25) is 5.91 Å². The molecule has 7 nitrogen and oxygen atoms in total. The van der Waals surface area contributed by atoms with E-state index in [-0.39, 0.29) is 5.91 Å². The van der Waals surface area contributed by atoms with Gasteiger partial charge in [0.1, 0.15) is 0 Å². The van der Waals surface area contributed by atoms with Crippen LogP contribution in [0.5, 0.6) is 0 Å². The molecule has 0 bridgehead atoms. The molecule has 144 valence electrons. The zero-order valence-electron chi connectivity index (χ0n) is 15.4. The first-order valence-electron chi connectivity index (χ1n) is 9.55. The Hall–Kier alpha value is -1.67. The van der Waals surface area contributed by atoms with Gasteiger partial charge in [-0.3, -0.25) is 9.69 Å². The summed E-state index contributed by atoms with van der Waals surface area (Å²) in [6.07, 6.45) is 0.473. The number of amides is 1. The number of para-hydroxylation sites is 2. The highest BCUT2D eigenvalue weighted by molar-refractivity contribution is 5.94. The molecule has 1 amide bonds. The summed E-state index contributed by atoms with van der Waals surface area (Å²) in [6, 6.07) is 7.99. The summed E-state index contributed by atoms with van der Waals surface area (Å²) in [4.78, 5) is 16.9. The first-order valence-corrected chi connectivity index (χ1v) is 9.55. The number of anilines is 2. The first-order chi connectivity index (χ1) is 12.8. The van der Waals surface area contributed by atoms with Gasteiger partial charge in [-0.1, -0.05) is 12.1 Å². The third-order valence-electron chi connectivity index (χ3n) is 4.77. The molecule has 3 rings (SSSR count). The third kappa shape index (κ3) is 5.95. The van der Waals surface area contributed by atoms with Gasteiger partial charge in [0.25, 0.3) is 0 Å². The highest BCUT2D eigenvalue weighted by Crippen LogP contribution is 2.26. The Labute approximate surface area is 155 Å². The average molecular weight is 362 g/mol. The number of morpholine rings is 2. The maximum Gasteiger partial charge on any atom is 0.225 e. The monoisotopic (exact) mass is 362 g/mol. The molecule has 0 atom stereocenters. The molecular weight excluding hydrogens is 332 g/mol. The third-order valence-corrected chi connectivity index (χ3v) is 4.77. The summed E-state index contributed by atoms with van der Waals surface area (Å²) in [6.45, 7) is 9.42. The van der Waals surface area contributed by atoms with E-state index in [2.05, 4.69) is 26.5 Å². The van der Waals surface area contributed by atoms with Gasteiger partial charge in [0, 0.05) is 52.2 Å². The lowest BCUT2D eigenvalue weighted by molar-refractivity contribution is -0.116. The van der Waals surface area contributed by atoms with E-state index < -0.39 is 0 Å². The molecule has 1 aromatic rings. The second kappa shape index (κ2) is 10.5. The number of nitrogens with zero attached hydrogens (tertiary/aromatic N) is 2.